The SMILES string of the molecule is Brc1csc2cnc(-c3ccncc3)nc12. The molecule has 0 aliphatic heterocycles. The van der Waals surface area contributed by atoms with Crippen molar-refractivity contribution in [2.45, 2.75) is 0 Å². The Kier molecular flexibility index (Phi) is 2.41. The summed E-state index contributed by atoms with van der Waals surface area (Å²) < 4.78 is 2.11. The van der Waals surface area contributed by atoms with Crippen molar-refractivity contribution in [1.29, 1.82) is 0 Å². The van der Waals surface area contributed by atoms with E-state index in [0.29, 0.717) is 0 Å². The second-order valence-electron chi connectivity index (χ2n) is 3.23. The van der Waals surface area contributed by atoms with Gasteiger partial charge in [-0.15, -0.1) is 11.3 Å². The first-order chi connectivity index (χ1) is 7.84. The third-order valence-corrected chi connectivity index (χ3v) is 4.02. The second kappa shape index (κ2) is 3.92. The minimum Gasteiger partial charge on any atom is -0.265 e. The zero-order valence-corrected chi connectivity index (χ0v) is 10.5. The Labute approximate surface area is 104 Å². The van der Waals surface area contributed by atoms with Gasteiger partial charge in [-0.25, -0.2) is 9.97 Å². The number of rotatable bonds is 1. The topological polar surface area (TPSA) is 38.7 Å². The fourth-order valence-corrected chi connectivity index (χ4v) is 2.88. The molecule has 0 amide bonds. The third kappa shape index (κ3) is 1.62. The van der Waals surface area contributed by atoms with Crippen molar-refractivity contribution in [2.24, 2.45) is 0 Å². The number of hydrogen-bond donors (Lipinski definition) is 0. The van der Waals surface area contributed by atoms with Crippen molar-refractivity contribution in [2.75, 3.05) is 0 Å². The molecule has 0 N–H and O–H groups in total. The van der Waals surface area contributed by atoms with E-state index in [9.17, 15) is 0 Å². The standard InChI is InChI=1S/C11H6BrN3S/c12-8-6-16-9-5-14-11(15-10(8)9)7-1-3-13-4-2-7/h1-6H. The summed E-state index contributed by atoms with van der Waals surface area (Å²) in [5, 5.41) is 2.02. The molecule has 3 nitrogen and oxygen atoms in total. The Hall–Kier alpha value is -1.33. The molecule has 0 bridgehead atoms. The molecule has 0 spiro atoms. The highest BCUT2D eigenvalue weighted by molar-refractivity contribution is 9.10. The van der Waals surface area contributed by atoms with Crippen LogP contribution in [-0.4, -0.2) is 15.0 Å². The molecule has 0 saturated carbocycles. The fourth-order valence-electron chi connectivity index (χ4n) is 1.44. The summed E-state index contributed by atoms with van der Waals surface area (Å²) in [7, 11) is 0. The number of nitrogens with zero attached hydrogens (tertiary/aromatic N) is 3. The molecule has 0 radical (unpaired) electrons. The van der Waals surface area contributed by atoms with Gasteiger partial charge in [-0.1, -0.05) is 0 Å². The van der Waals surface area contributed by atoms with Crippen LogP contribution in [0.25, 0.3) is 21.6 Å². The first-order valence-corrected chi connectivity index (χ1v) is 6.32. The van der Waals surface area contributed by atoms with Gasteiger partial charge in [0.15, 0.2) is 5.82 Å². The molecule has 0 fully saturated rings. The highest BCUT2D eigenvalue weighted by Crippen LogP contribution is 2.29. The van der Waals surface area contributed by atoms with Crippen LogP contribution in [0.1, 0.15) is 0 Å². The van der Waals surface area contributed by atoms with Crippen molar-refractivity contribution in [1.82, 2.24) is 15.0 Å². The van der Waals surface area contributed by atoms with E-state index in [1.54, 1.807) is 23.7 Å². The summed E-state index contributed by atoms with van der Waals surface area (Å²) in [4.78, 5) is 12.8. The zero-order chi connectivity index (χ0) is 11.0. The van der Waals surface area contributed by atoms with Gasteiger partial charge < -0.3 is 0 Å². The molecule has 3 aromatic heterocycles. The maximum Gasteiger partial charge on any atom is 0.159 e. The van der Waals surface area contributed by atoms with Crippen molar-refractivity contribution in [3.05, 3.63) is 40.6 Å². The molecule has 0 unspecified atom stereocenters. The average molecular weight is 292 g/mol. The normalized spacial score (nSPS) is 10.8. The monoisotopic (exact) mass is 291 g/mol. The van der Waals surface area contributed by atoms with Gasteiger partial charge in [0.1, 0.15) is 0 Å². The highest BCUT2D eigenvalue weighted by Gasteiger charge is 2.06. The van der Waals surface area contributed by atoms with Gasteiger partial charge in [-0.2, -0.15) is 0 Å². The third-order valence-electron chi connectivity index (χ3n) is 2.21. The Morgan fingerprint density at radius 2 is 2.00 bits per heavy atom. The predicted molar refractivity (Wildman–Crippen MR) is 68.3 cm³/mol. The molecule has 0 aliphatic rings. The largest absolute Gasteiger partial charge is 0.265 e. The van der Waals surface area contributed by atoms with Crippen LogP contribution in [0.2, 0.25) is 0 Å². The summed E-state index contributed by atoms with van der Waals surface area (Å²) in [6.07, 6.45) is 5.34. The van der Waals surface area contributed by atoms with Gasteiger partial charge in [-0.05, 0) is 28.1 Å². The molecular formula is C11H6BrN3S. The van der Waals surface area contributed by atoms with Crippen LogP contribution in [0.15, 0.2) is 40.6 Å². The lowest BCUT2D eigenvalue weighted by Gasteiger charge is -1.99. The minimum absolute atomic E-state index is 0.731. The number of thiophene rings is 1. The maximum atomic E-state index is 4.53. The Balaban J connectivity index is 2.22. The van der Waals surface area contributed by atoms with E-state index in [-0.39, 0.29) is 0 Å². The van der Waals surface area contributed by atoms with Crippen molar-refractivity contribution in [3.8, 4) is 11.4 Å². The highest BCUT2D eigenvalue weighted by atomic mass is 79.9. The molecule has 3 aromatic rings. The summed E-state index contributed by atoms with van der Waals surface area (Å²) in [5.74, 6) is 0.731. The molecular weight excluding hydrogens is 286 g/mol. The number of fused-ring (bicyclic) bond motifs is 1. The number of pyridine rings is 1. The van der Waals surface area contributed by atoms with Gasteiger partial charge >= 0.3 is 0 Å². The van der Waals surface area contributed by atoms with Crippen LogP contribution in [0, 0.1) is 0 Å². The first-order valence-electron chi connectivity index (χ1n) is 4.65. The smallest absolute Gasteiger partial charge is 0.159 e. The average Bonchev–Trinajstić information content (AvgIpc) is 2.72. The van der Waals surface area contributed by atoms with Crippen LogP contribution >= 0.6 is 27.3 Å². The Bertz CT molecular complexity index is 636. The maximum absolute atomic E-state index is 4.53. The zero-order valence-electron chi connectivity index (χ0n) is 8.09. The van der Waals surface area contributed by atoms with Gasteiger partial charge in [0.25, 0.3) is 0 Å². The van der Waals surface area contributed by atoms with Crippen LogP contribution in [-0.2, 0) is 0 Å². The molecule has 16 heavy (non-hydrogen) atoms. The summed E-state index contributed by atoms with van der Waals surface area (Å²) in [5.41, 5.74) is 1.95. The minimum atomic E-state index is 0.731. The van der Waals surface area contributed by atoms with E-state index < -0.39 is 0 Å². The number of halogens is 1. The van der Waals surface area contributed by atoms with Crippen LogP contribution in [0.5, 0.6) is 0 Å². The van der Waals surface area contributed by atoms with E-state index in [0.717, 1.165) is 26.1 Å². The lowest BCUT2D eigenvalue weighted by molar-refractivity contribution is 1.22. The number of hydrogen-bond acceptors (Lipinski definition) is 4. The fraction of sp³-hybridized carbons (Fsp3) is 0. The lowest BCUT2D eigenvalue weighted by Crippen LogP contribution is -1.88. The van der Waals surface area contributed by atoms with Crippen LogP contribution < -0.4 is 0 Å². The number of aromatic nitrogens is 3. The van der Waals surface area contributed by atoms with Crippen molar-refractivity contribution in [3.63, 3.8) is 0 Å². The molecule has 3 heterocycles. The van der Waals surface area contributed by atoms with Crippen molar-refractivity contribution < 1.29 is 0 Å². The van der Waals surface area contributed by atoms with E-state index in [1.165, 1.54) is 0 Å². The first kappa shape index (κ1) is 9.86. The van der Waals surface area contributed by atoms with Gasteiger partial charge in [0.2, 0.25) is 0 Å². The second-order valence-corrected chi connectivity index (χ2v) is 4.99. The summed E-state index contributed by atoms with van der Waals surface area (Å²) >= 11 is 5.11. The lowest BCUT2D eigenvalue weighted by atomic mass is 10.2. The van der Waals surface area contributed by atoms with E-state index in [4.69, 9.17) is 0 Å². The molecule has 0 aromatic carbocycles. The summed E-state index contributed by atoms with van der Waals surface area (Å²) in [6, 6.07) is 3.81. The van der Waals surface area contributed by atoms with Crippen molar-refractivity contribution >= 4 is 37.5 Å². The van der Waals surface area contributed by atoms with Crippen LogP contribution in [0.4, 0.5) is 0 Å². The van der Waals surface area contributed by atoms with E-state index in [2.05, 4.69) is 30.9 Å². The molecule has 0 saturated heterocycles. The quantitative estimate of drug-likeness (QED) is 0.689. The molecule has 3 rings (SSSR count). The molecule has 78 valence electrons. The van der Waals surface area contributed by atoms with Crippen LogP contribution in [0.3, 0.4) is 0 Å². The van der Waals surface area contributed by atoms with E-state index >= 15 is 0 Å². The van der Waals surface area contributed by atoms with Gasteiger partial charge in [-0.3, -0.25) is 4.98 Å². The summed E-state index contributed by atoms with van der Waals surface area (Å²) in [6.45, 7) is 0. The molecule has 0 aliphatic carbocycles. The predicted octanol–water partition coefficient (Wildman–Crippen LogP) is 3.52. The Morgan fingerprint density at radius 1 is 1.19 bits per heavy atom. The molecule has 0 atom stereocenters. The van der Waals surface area contributed by atoms with E-state index in [1.807, 2.05) is 23.7 Å². The van der Waals surface area contributed by atoms with Gasteiger partial charge in [0.05, 0.1) is 14.7 Å². The Morgan fingerprint density at radius 3 is 2.81 bits per heavy atom. The van der Waals surface area contributed by atoms with Gasteiger partial charge in [0, 0.05) is 29.5 Å². The molecule has 5 heteroatoms.